The number of hydrogen-bond donors (Lipinski definition) is 2. The van der Waals surface area contributed by atoms with Crippen LogP contribution in [0.2, 0.25) is 0 Å². The molecular weight excluding hydrogens is 517 g/mol. The van der Waals surface area contributed by atoms with Gasteiger partial charge in [0.25, 0.3) is 0 Å². The number of ether oxygens (including phenoxy) is 2. The van der Waals surface area contributed by atoms with E-state index in [0.29, 0.717) is 6.54 Å². The van der Waals surface area contributed by atoms with Gasteiger partial charge in [-0.3, -0.25) is 9.89 Å². The second-order valence-electron chi connectivity index (χ2n) is 8.99. The molecule has 0 radical (unpaired) electrons. The van der Waals surface area contributed by atoms with E-state index in [9.17, 15) is 0 Å². The average molecular weight is 560 g/mol. The molecule has 0 bridgehead atoms. The zero-order valence-electron chi connectivity index (χ0n) is 20.2. The van der Waals surface area contributed by atoms with Crippen LogP contribution in [0, 0.1) is 0 Å². The monoisotopic (exact) mass is 559 g/mol. The van der Waals surface area contributed by atoms with Crippen LogP contribution in [-0.2, 0) is 0 Å². The highest BCUT2D eigenvalue weighted by Gasteiger charge is 2.39. The molecule has 32 heavy (non-hydrogen) atoms. The number of halogens is 1. The van der Waals surface area contributed by atoms with E-state index in [1.165, 1.54) is 45.2 Å². The molecule has 1 atom stereocenters. The van der Waals surface area contributed by atoms with Gasteiger partial charge >= 0.3 is 0 Å². The molecule has 1 unspecified atom stereocenters. The summed E-state index contributed by atoms with van der Waals surface area (Å²) in [5.74, 6) is 2.46. The first-order valence-corrected chi connectivity index (χ1v) is 11.7. The van der Waals surface area contributed by atoms with Crippen LogP contribution in [0.3, 0.4) is 0 Å². The highest BCUT2D eigenvalue weighted by atomic mass is 127. The number of nitrogens with zero attached hydrogens (tertiary/aromatic N) is 3. The van der Waals surface area contributed by atoms with Gasteiger partial charge in [-0.15, -0.1) is 24.0 Å². The average Bonchev–Trinajstić information content (AvgIpc) is 2.81. The molecule has 2 aliphatic rings. The minimum absolute atomic E-state index is 0. The SMILES string of the molecule is CN=C(NCC(C)Oc1cccc(OC)c1)NCC1(N2CCCCC2)CCN(C)CC1.I. The van der Waals surface area contributed by atoms with Crippen molar-refractivity contribution in [3.63, 3.8) is 0 Å². The number of methoxy groups -OCH3 is 1. The fourth-order valence-electron chi connectivity index (χ4n) is 4.67. The molecule has 0 aliphatic carbocycles. The van der Waals surface area contributed by atoms with Gasteiger partial charge in [0.1, 0.15) is 17.6 Å². The van der Waals surface area contributed by atoms with Crippen LogP contribution in [0.25, 0.3) is 0 Å². The molecule has 3 rings (SSSR count). The lowest BCUT2D eigenvalue weighted by Crippen LogP contribution is -2.62. The Morgan fingerprint density at radius 2 is 1.78 bits per heavy atom. The van der Waals surface area contributed by atoms with Crippen LogP contribution >= 0.6 is 24.0 Å². The van der Waals surface area contributed by atoms with Gasteiger partial charge in [0, 0.05) is 25.2 Å². The lowest BCUT2D eigenvalue weighted by Gasteiger charge is -2.50. The van der Waals surface area contributed by atoms with Crippen LogP contribution in [-0.4, -0.2) is 87.9 Å². The van der Waals surface area contributed by atoms with Crippen molar-refractivity contribution in [2.45, 2.75) is 50.7 Å². The van der Waals surface area contributed by atoms with E-state index in [1.807, 2.05) is 31.3 Å². The molecule has 0 amide bonds. The summed E-state index contributed by atoms with van der Waals surface area (Å²) < 4.78 is 11.3. The van der Waals surface area contributed by atoms with E-state index < -0.39 is 0 Å². The Kier molecular flexibility index (Phi) is 11.3. The minimum Gasteiger partial charge on any atom is -0.497 e. The highest BCUT2D eigenvalue weighted by Crippen LogP contribution is 2.30. The third kappa shape index (κ3) is 7.66. The van der Waals surface area contributed by atoms with Gasteiger partial charge in [-0.25, -0.2) is 0 Å². The summed E-state index contributed by atoms with van der Waals surface area (Å²) in [5, 5.41) is 7.07. The molecule has 1 aromatic carbocycles. The zero-order chi connectivity index (χ0) is 22.1. The Bertz CT molecular complexity index is 703. The van der Waals surface area contributed by atoms with E-state index in [2.05, 4.69) is 39.4 Å². The second-order valence-corrected chi connectivity index (χ2v) is 8.99. The maximum atomic E-state index is 6.03. The number of hydrogen-bond acceptors (Lipinski definition) is 5. The predicted molar refractivity (Wildman–Crippen MR) is 143 cm³/mol. The molecule has 182 valence electrons. The van der Waals surface area contributed by atoms with Gasteiger partial charge in [0.15, 0.2) is 5.96 Å². The van der Waals surface area contributed by atoms with Gasteiger partial charge in [-0.2, -0.15) is 0 Å². The third-order valence-electron chi connectivity index (χ3n) is 6.69. The summed E-state index contributed by atoms with van der Waals surface area (Å²) >= 11 is 0. The summed E-state index contributed by atoms with van der Waals surface area (Å²) in [4.78, 5) is 9.66. The first kappa shape index (κ1) is 27.0. The van der Waals surface area contributed by atoms with Gasteiger partial charge < -0.3 is 25.0 Å². The van der Waals surface area contributed by atoms with Crippen LogP contribution < -0.4 is 20.1 Å². The fourth-order valence-corrected chi connectivity index (χ4v) is 4.67. The van der Waals surface area contributed by atoms with Crippen LogP contribution in [0.5, 0.6) is 11.5 Å². The third-order valence-corrected chi connectivity index (χ3v) is 6.69. The molecule has 2 N–H and O–H groups in total. The van der Waals surface area contributed by atoms with Crippen molar-refractivity contribution in [2.75, 3.05) is 60.5 Å². The standard InChI is InChI=1S/C24H41N5O2.HI/c1-20(31-22-10-8-9-21(17-22)30-4)18-26-23(25-2)27-19-24(11-15-28(3)16-12-24)29-13-6-5-7-14-29;/h8-10,17,20H,5-7,11-16,18-19H2,1-4H3,(H2,25,26,27);1H. The maximum absolute atomic E-state index is 6.03. The fraction of sp³-hybridized carbons (Fsp3) is 0.708. The first-order valence-electron chi connectivity index (χ1n) is 11.7. The van der Waals surface area contributed by atoms with Crippen molar-refractivity contribution >= 4 is 29.9 Å². The number of rotatable bonds is 8. The van der Waals surface area contributed by atoms with Crippen LogP contribution in [0.4, 0.5) is 0 Å². The Balaban J connectivity index is 0.00000363. The van der Waals surface area contributed by atoms with Crippen molar-refractivity contribution < 1.29 is 9.47 Å². The topological polar surface area (TPSA) is 61.4 Å². The largest absolute Gasteiger partial charge is 0.497 e. The summed E-state index contributed by atoms with van der Waals surface area (Å²) in [5.41, 5.74) is 0.229. The molecule has 0 spiro atoms. The van der Waals surface area contributed by atoms with Gasteiger partial charge in [-0.05, 0) is 78.0 Å². The number of benzene rings is 1. The molecule has 0 aromatic heterocycles. The molecule has 7 nitrogen and oxygen atoms in total. The molecule has 2 saturated heterocycles. The number of nitrogens with one attached hydrogen (secondary N) is 2. The molecule has 1 aromatic rings. The summed E-state index contributed by atoms with van der Waals surface area (Å²) in [6.45, 7) is 8.45. The molecule has 2 heterocycles. The molecule has 8 heteroatoms. The summed E-state index contributed by atoms with van der Waals surface area (Å²) in [6.07, 6.45) is 6.44. The molecular formula is C24H42IN5O2. The Morgan fingerprint density at radius 1 is 1.09 bits per heavy atom. The Morgan fingerprint density at radius 3 is 2.44 bits per heavy atom. The van der Waals surface area contributed by atoms with Crippen LogP contribution in [0.1, 0.15) is 39.0 Å². The number of likely N-dealkylation sites (tertiary alicyclic amines) is 2. The van der Waals surface area contributed by atoms with Crippen molar-refractivity contribution in [1.29, 1.82) is 0 Å². The van der Waals surface area contributed by atoms with Crippen molar-refractivity contribution in [3.8, 4) is 11.5 Å². The van der Waals surface area contributed by atoms with E-state index >= 15 is 0 Å². The van der Waals surface area contributed by atoms with Crippen molar-refractivity contribution in [1.82, 2.24) is 20.4 Å². The lowest BCUT2D eigenvalue weighted by atomic mass is 9.84. The van der Waals surface area contributed by atoms with Gasteiger partial charge in [0.2, 0.25) is 0 Å². The van der Waals surface area contributed by atoms with Crippen LogP contribution in [0.15, 0.2) is 29.3 Å². The Labute approximate surface area is 211 Å². The normalized spacial score (nSPS) is 20.7. The van der Waals surface area contributed by atoms with Gasteiger partial charge in [-0.1, -0.05) is 12.5 Å². The second kappa shape index (κ2) is 13.4. The highest BCUT2D eigenvalue weighted by molar-refractivity contribution is 14.0. The lowest BCUT2D eigenvalue weighted by molar-refractivity contribution is 0.0173. The quantitative estimate of drug-likeness (QED) is 0.290. The minimum atomic E-state index is 0. The van der Waals surface area contributed by atoms with E-state index in [0.717, 1.165) is 37.1 Å². The Hall–Kier alpha value is -1.26. The zero-order valence-corrected chi connectivity index (χ0v) is 22.6. The summed E-state index contributed by atoms with van der Waals surface area (Å²) in [6, 6.07) is 7.72. The smallest absolute Gasteiger partial charge is 0.191 e. The molecule has 2 fully saturated rings. The predicted octanol–water partition coefficient (Wildman–Crippen LogP) is 3.20. The number of guanidine groups is 1. The summed E-state index contributed by atoms with van der Waals surface area (Å²) in [7, 11) is 5.74. The van der Waals surface area contributed by atoms with Crippen molar-refractivity contribution in [2.24, 2.45) is 4.99 Å². The first-order chi connectivity index (χ1) is 15.0. The number of piperidine rings is 2. The number of aliphatic imine (C=N–C) groups is 1. The van der Waals surface area contributed by atoms with E-state index in [4.69, 9.17) is 9.47 Å². The molecule has 0 saturated carbocycles. The van der Waals surface area contributed by atoms with Gasteiger partial charge in [0.05, 0.1) is 13.7 Å². The van der Waals surface area contributed by atoms with Crippen molar-refractivity contribution in [3.05, 3.63) is 24.3 Å². The van der Waals surface area contributed by atoms with E-state index in [1.54, 1.807) is 7.11 Å². The maximum Gasteiger partial charge on any atom is 0.191 e. The van der Waals surface area contributed by atoms with E-state index in [-0.39, 0.29) is 35.6 Å². The molecule has 2 aliphatic heterocycles.